The van der Waals surface area contributed by atoms with E-state index in [1.54, 1.807) is 0 Å². The molecule has 0 bridgehead atoms. The lowest BCUT2D eigenvalue weighted by atomic mass is 9.91. The normalized spacial score (nSPS) is 14.1. The van der Waals surface area contributed by atoms with Gasteiger partial charge in [0.2, 0.25) is 5.54 Å². The first-order valence-corrected chi connectivity index (χ1v) is 5.33. The van der Waals surface area contributed by atoms with Crippen molar-refractivity contribution in [2.75, 3.05) is 20.8 Å². The summed E-state index contributed by atoms with van der Waals surface area (Å²) in [6.07, 6.45) is 1.01. The third-order valence-corrected chi connectivity index (χ3v) is 2.60. The first-order valence-electron chi connectivity index (χ1n) is 5.33. The van der Waals surface area contributed by atoms with E-state index in [1.165, 1.54) is 21.1 Å². The zero-order valence-electron chi connectivity index (χ0n) is 10.4. The quantitative estimate of drug-likeness (QED) is 0.201. The first kappa shape index (κ1) is 15.8. The van der Waals surface area contributed by atoms with Gasteiger partial charge in [-0.05, 0) is 6.42 Å². The third kappa shape index (κ3) is 6.18. The molecule has 1 unspecified atom stereocenters. The minimum Gasteiger partial charge on any atom is -0.469 e. The van der Waals surface area contributed by atoms with Crippen LogP contribution >= 0.6 is 0 Å². The summed E-state index contributed by atoms with van der Waals surface area (Å²) in [4.78, 5) is 30.6. The number of carbonyl (C=O) groups excluding carboxylic acids is 1. The molecule has 17 heavy (non-hydrogen) atoms. The van der Waals surface area contributed by atoms with E-state index < -0.39 is 11.5 Å². The molecule has 0 aliphatic carbocycles. The second-order valence-corrected chi connectivity index (χ2v) is 3.92. The summed E-state index contributed by atoms with van der Waals surface area (Å²) in [5, 5.41) is 11.0. The topological polar surface area (TPSA) is 87.9 Å². The smallest absolute Gasteiger partial charge is 0.305 e. The molecular formula is C10H19NO6. The van der Waals surface area contributed by atoms with Gasteiger partial charge in [-0.15, -0.1) is 0 Å². The Kier molecular flexibility index (Phi) is 7.40. The molecule has 0 aromatic carbocycles. The predicted octanol–water partition coefficient (Wildman–Crippen LogP) is 1.33. The molecule has 7 nitrogen and oxygen atoms in total. The van der Waals surface area contributed by atoms with E-state index in [1.807, 2.05) is 0 Å². The molecule has 0 aliphatic rings. The predicted molar refractivity (Wildman–Crippen MR) is 58.8 cm³/mol. The van der Waals surface area contributed by atoms with Crippen molar-refractivity contribution in [3.63, 3.8) is 0 Å². The van der Waals surface area contributed by atoms with Crippen LogP contribution in [0.25, 0.3) is 0 Å². The molecule has 0 amide bonds. The zero-order chi connectivity index (χ0) is 13.3. The molecule has 0 saturated carbocycles. The summed E-state index contributed by atoms with van der Waals surface area (Å²) in [5.74, 6) is -0.439. The molecule has 7 heteroatoms. The lowest BCUT2D eigenvalue weighted by molar-refractivity contribution is -0.568. The van der Waals surface area contributed by atoms with Crippen LogP contribution < -0.4 is 0 Å². The molecule has 0 N–H and O–H groups in total. The van der Waals surface area contributed by atoms with Gasteiger partial charge in [-0.2, -0.15) is 0 Å². The highest BCUT2D eigenvalue weighted by Crippen LogP contribution is 2.23. The molecule has 0 aromatic rings. The number of esters is 1. The minimum atomic E-state index is -1.13. The lowest BCUT2D eigenvalue weighted by Gasteiger charge is -2.20. The Morgan fingerprint density at radius 3 is 2.47 bits per heavy atom. The third-order valence-electron chi connectivity index (χ3n) is 2.60. The first-order chi connectivity index (χ1) is 7.96. The summed E-state index contributed by atoms with van der Waals surface area (Å²) in [7, 11) is 2.64. The van der Waals surface area contributed by atoms with Crippen molar-refractivity contribution >= 4 is 5.97 Å². The number of carbonyl (C=O) groups is 1. The van der Waals surface area contributed by atoms with Gasteiger partial charge in [0, 0.05) is 24.7 Å². The van der Waals surface area contributed by atoms with Crippen molar-refractivity contribution in [3.8, 4) is 0 Å². The number of hydrogen-bond donors (Lipinski definition) is 0. The maximum atomic E-state index is 11.0. The van der Waals surface area contributed by atoms with E-state index in [0.29, 0.717) is 12.8 Å². The second kappa shape index (κ2) is 7.97. The number of nitro groups is 1. The van der Waals surface area contributed by atoms with Gasteiger partial charge in [-0.1, -0.05) is 0 Å². The number of rotatable bonds is 9. The average Bonchev–Trinajstić information content (AvgIpc) is 2.31. The second-order valence-electron chi connectivity index (χ2n) is 3.92. The van der Waals surface area contributed by atoms with Gasteiger partial charge in [0.25, 0.3) is 0 Å². The van der Waals surface area contributed by atoms with Gasteiger partial charge >= 0.3 is 5.97 Å². The summed E-state index contributed by atoms with van der Waals surface area (Å²) in [5.41, 5.74) is -1.13. The molecule has 1 atom stereocenters. The minimum absolute atomic E-state index is 0.0408. The largest absolute Gasteiger partial charge is 0.469 e. The van der Waals surface area contributed by atoms with Crippen molar-refractivity contribution in [1.29, 1.82) is 0 Å². The SMILES string of the molecule is COOCCCC(C)(CCC(=O)OC)[N+](=O)[O-]. The van der Waals surface area contributed by atoms with Gasteiger partial charge in [0.05, 0.1) is 27.2 Å². The fraction of sp³-hybridized carbons (Fsp3) is 0.900. The molecular weight excluding hydrogens is 230 g/mol. The van der Waals surface area contributed by atoms with Crippen LogP contribution in [0.3, 0.4) is 0 Å². The monoisotopic (exact) mass is 249 g/mol. The maximum Gasteiger partial charge on any atom is 0.305 e. The van der Waals surface area contributed by atoms with E-state index in [0.717, 1.165) is 0 Å². The molecule has 0 spiro atoms. The highest BCUT2D eigenvalue weighted by molar-refractivity contribution is 5.69. The molecule has 0 radical (unpaired) electrons. The van der Waals surface area contributed by atoms with Crippen LogP contribution in [0.15, 0.2) is 0 Å². The van der Waals surface area contributed by atoms with Crippen LogP contribution in [-0.4, -0.2) is 37.3 Å². The molecule has 100 valence electrons. The van der Waals surface area contributed by atoms with Crippen molar-refractivity contribution in [2.45, 2.75) is 38.1 Å². The Bertz CT molecular complexity index is 257. The van der Waals surface area contributed by atoms with E-state index in [9.17, 15) is 14.9 Å². The lowest BCUT2D eigenvalue weighted by Crippen LogP contribution is -2.35. The van der Waals surface area contributed by atoms with Gasteiger partial charge in [-0.25, -0.2) is 9.78 Å². The highest BCUT2D eigenvalue weighted by Gasteiger charge is 2.36. The molecule has 0 saturated heterocycles. The van der Waals surface area contributed by atoms with Crippen LogP contribution in [-0.2, 0) is 19.3 Å². The standard InChI is InChI=1S/C10H19NO6/c1-10(11(13)14,6-4-8-17-16-3)7-5-9(12)15-2/h4-8H2,1-3H3. The summed E-state index contributed by atoms with van der Waals surface area (Å²) >= 11 is 0. The number of ether oxygens (including phenoxy) is 1. The fourth-order valence-electron chi connectivity index (χ4n) is 1.38. The van der Waals surface area contributed by atoms with Crippen molar-refractivity contribution in [1.82, 2.24) is 0 Å². The van der Waals surface area contributed by atoms with Crippen LogP contribution in [0.2, 0.25) is 0 Å². The highest BCUT2D eigenvalue weighted by atomic mass is 17.2. The average molecular weight is 249 g/mol. The summed E-state index contributed by atoms with van der Waals surface area (Å²) in [6.45, 7) is 1.81. The van der Waals surface area contributed by atoms with Crippen LogP contribution in [0.1, 0.15) is 32.6 Å². The van der Waals surface area contributed by atoms with Gasteiger partial charge in [0.1, 0.15) is 0 Å². The summed E-state index contributed by atoms with van der Waals surface area (Å²) < 4.78 is 4.46. The Morgan fingerprint density at radius 2 is 2.00 bits per heavy atom. The zero-order valence-corrected chi connectivity index (χ0v) is 10.4. The van der Waals surface area contributed by atoms with Gasteiger partial charge < -0.3 is 4.74 Å². The Labute approximate surface area is 100 Å². The van der Waals surface area contributed by atoms with Crippen molar-refractivity contribution in [3.05, 3.63) is 10.1 Å². The van der Waals surface area contributed by atoms with Crippen molar-refractivity contribution in [2.24, 2.45) is 0 Å². The Hall–Kier alpha value is -1.21. The van der Waals surface area contributed by atoms with Crippen LogP contribution in [0.4, 0.5) is 0 Å². The number of hydrogen-bond acceptors (Lipinski definition) is 6. The van der Waals surface area contributed by atoms with Crippen molar-refractivity contribution < 1.29 is 24.2 Å². The van der Waals surface area contributed by atoms with E-state index in [-0.39, 0.29) is 24.4 Å². The maximum absolute atomic E-state index is 11.0. The molecule has 0 aromatic heterocycles. The number of methoxy groups -OCH3 is 1. The van der Waals surface area contributed by atoms with E-state index in [2.05, 4.69) is 14.5 Å². The fourth-order valence-corrected chi connectivity index (χ4v) is 1.38. The van der Waals surface area contributed by atoms with Crippen LogP contribution in [0.5, 0.6) is 0 Å². The Balaban J connectivity index is 4.16. The molecule has 0 aliphatic heterocycles. The van der Waals surface area contributed by atoms with Gasteiger partial charge in [-0.3, -0.25) is 14.9 Å². The van der Waals surface area contributed by atoms with Crippen LogP contribution in [0, 0.1) is 10.1 Å². The summed E-state index contributed by atoms with van der Waals surface area (Å²) in [6, 6.07) is 0. The number of nitrogens with zero attached hydrogens (tertiary/aromatic N) is 1. The molecule has 0 heterocycles. The Morgan fingerprint density at radius 1 is 1.35 bits per heavy atom. The van der Waals surface area contributed by atoms with E-state index >= 15 is 0 Å². The van der Waals surface area contributed by atoms with Gasteiger partial charge in [0.15, 0.2) is 0 Å². The molecule has 0 fully saturated rings. The molecule has 0 rings (SSSR count). The van der Waals surface area contributed by atoms with E-state index in [4.69, 9.17) is 0 Å².